The maximum Gasteiger partial charge on any atom is 0.307 e. The smallest absolute Gasteiger partial charge is 0.307 e. The van der Waals surface area contributed by atoms with Gasteiger partial charge in [0.25, 0.3) is 0 Å². The number of halogens is 1. The zero-order valence-corrected chi connectivity index (χ0v) is 18.8. The Hall–Kier alpha value is -3.51. The molecule has 0 fully saturated rings. The van der Waals surface area contributed by atoms with Crippen molar-refractivity contribution in [3.8, 4) is 11.5 Å². The molecule has 0 unspecified atom stereocenters. The van der Waals surface area contributed by atoms with Crippen LogP contribution in [-0.4, -0.2) is 31.2 Å². The van der Waals surface area contributed by atoms with Gasteiger partial charge in [0.15, 0.2) is 0 Å². The van der Waals surface area contributed by atoms with Gasteiger partial charge in [0, 0.05) is 11.6 Å². The highest BCUT2D eigenvalue weighted by Crippen LogP contribution is 2.15. The van der Waals surface area contributed by atoms with E-state index < -0.39 is 5.97 Å². The molecule has 1 amide bonds. The van der Waals surface area contributed by atoms with Crippen LogP contribution in [0, 0.1) is 0 Å². The van der Waals surface area contributed by atoms with E-state index >= 15 is 0 Å². The summed E-state index contributed by atoms with van der Waals surface area (Å²) in [4.78, 5) is 22.2. The number of nitrogens with one attached hydrogen (secondary N) is 1. The lowest BCUT2D eigenvalue weighted by molar-refractivity contribution is -0.136. The first-order valence-corrected chi connectivity index (χ1v) is 10.3. The summed E-state index contributed by atoms with van der Waals surface area (Å²) in [6.45, 7) is 0.433. The van der Waals surface area contributed by atoms with E-state index in [9.17, 15) is 9.59 Å². The topological polar surface area (TPSA) is 84.9 Å². The minimum Gasteiger partial charge on any atom is -0.497 e. The summed E-state index contributed by atoms with van der Waals surface area (Å²) in [5.74, 6) is 0.566. The number of rotatable bonds is 8. The third kappa shape index (κ3) is 8.70. The van der Waals surface area contributed by atoms with Crippen LogP contribution in [-0.2, 0) is 29.0 Å². The number of carbonyl (C=O) groups excluding carboxylic acids is 1. The summed E-state index contributed by atoms with van der Waals surface area (Å²) >= 11 is 6.04. The van der Waals surface area contributed by atoms with Crippen molar-refractivity contribution in [3.63, 3.8) is 0 Å². The second-order valence-electron chi connectivity index (χ2n) is 6.82. The number of methoxy groups -OCH3 is 2. The molecule has 7 heteroatoms. The van der Waals surface area contributed by atoms with Crippen molar-refractivity contribution in [2.75, 3.05) is 14.2 Å². The Kier molecular flexibility index (Phi) is 10.1. The summed E-state index contributed by atoms with van der Waals surface area (Å²) in [6, 6.07) is 22.0. The fraction of sp³-hybridized carbons (Fsp3) is 0.200. The molecule has 3 aromatic rings. The second-order valence-corrected chi connectivity index (χ2v) is 7.23. The molecule has 32 heavy (non-hydrogen) atoms. The molecule has 0 heterocycles. The van der Waals surface area contributed by atoms with Crippen LogP contribution >= 0.6 is 11.6 Å². The van der Waals surface area contributed by atoms with Crippen LogP contribution in [0.2, 0.25) is 5.02 Å². The molecule has 6 nitrogen and oxygen atoms in total. The number of carbonyl (C=O) groups is 2. The van der Waals surface area contributed by atoms with Crippen LogP contribution in [0.1, 0.15) is 16.7 Å². The molecule has 0 spiro atoms. The molecule has 0 aliphatic rings. The van der Waals surface area contributed by atoms with Crippen molar-refractivity contribution in [2.45, 2.75) is 19.4 Å². The number of hydrogen-bond donors (Lipinski definition) is 2. The second kappa shape index (κ2) is 13.0. The molecule has 3 rings (SSSR count). The van der Waals surface area contributed by atoms with E-state index in [-0.39, 0.29) is 12.3 Å². The number of hydrogen-bond acceptors (Lipinski definition) is 4. The number of ether oxygens (including phenoxy) is 2. The van der Waals surface area contributed by atoms with Gasteiger partial charge in [0.05, 0.1) is 27.1 Å². The Balaban J connectivity index is 0.000000258. The summed E-state index contributed by atoms with van der Waals surface area (Å²) in [5, 5.41) is 12.0. The van der Waals surface area contributed by atoms with Gasteiger partial charge in [-0.25, -0.2) is 0 Å². The largest absolute Gasteiger partial charge is 0.497 e. The van der Waals surface area contributed by atoms with E-state index in [2.05, 4.69) is 5.32 Å². The molecule has 0 aliphatic heterocycles. The minimum atomic E-state index is -0.830. The minimum absolute atomic E-state index is 0.0389. The predicted octanol–water partition coefficient (Wildman–Crippen LogP) is 4.53. The van der Waals surface area contributed by atoms with E-state index in [0.29, 0.717) is 23.7 Å². The van der Waals surface area contributed by atoms with E-state index in [1.54, 1.807) is 38.5 Å². The van der Waals surface area contributed by atoms with Crippen LogP contribution in [0.5, 0.6) is 11.5 Å². The SMILES string of the molecule is COc1cccc(CC(=O)NCc2ccccc2Cl)c1.COc1cccc(CC(=O)O)c1. The van der Waals surface area contributed by atoms with Crippen LogP contribution in [0.3, 0.4) is 0 Å². The van der Waals surface area contributed by atoms with E-state index in [1.807, 2.05) is 48.5 Å². The van der Waals surface area contributed by atoms with Crippen molar-refractivity contribution in [1.29, 1.82) is 0 Å². The Morgan fingerprint density at radius 2 is 1.41 bits per heavy atom. The lowest BCUT2D eigenvalue weighted by atomic mass is 10.1. The van der Waals surface area contributed by atoms with E-state index in [4.69, 9.17) is 26.2 Å². The molecule has 168 valence electrons. The first kappa shape index (κ1) is 24.8. The Morgan fingerprint density at radius 3 is 1.94 bits per heavy atom. The van der Waals surface area contributed by atoms with Gasteiger partial charge in [-0.1, -0.05) is 54.1 Å². The number of benzene rings is 3. The molecular formula is C25H26ClNO5. The number of aliphatic carboxylic acids is 1. The van der Waals surface area contributed by atoms with Crippen LogP contribution in [0.4, 0.5) is 0 Å². The molecular weight excluding hydrogens is 430 g/mol. The average Bonchev–Trinajstić information content (AvgIpc) is 2.79. The van der Waals surface area contributed by atoms with Crippen LogP contribution in [0.25, 0.3) is 0 Å². The summed E-state index contributed by atoms with van der Waals surface area (Å²) in [6.07, 6.45) is 0.360. The van der Waals surface area contributed by atoms with Crippen LogP contribution < -0.4 is 14.8 Å². The number of carboxylic acids is 1. The fourth-order valence-corrected chi connectivity index (χ4v) is 3.03. The normalized spacial score (nSPS) is 9.84. The molecule has 0 radical (unpaired) electrons. The van der Waals surface area contributed by atoms with Gasteiger partial charge in [-0.15, -0.1) is 0 Å². The maximum atomic E-state index is 11.9. The van der Waals surface area contributed by atoms with Crippen LogP contribution in [0.15, 0.2) is 72.8 Å². The van der Waals surface area contributed by atoms with Gasteiger partial charge in [-0.2, -0.15) is 0 Å². The van der Waals surface area contributed by atoms with Crippen molar-refractivity contribution < 1.29 is 24.2 Å². The molecule has 0 aliphatic carbocycles. The first-order chi connectivity index (χ1) is 15.4. The monoisotopic (exact) mass is 455 g/mol. The maximum absolute atomic E-state index is 11.9. The standard InChI is InChI=1S/C16H16ClNO2.C9H10O3/c1-20-14-7-4-5-12(9-14)10-16(19)18-11-13-6-2-3-8-15(13)17;1-12-8-4-2-3-7(5-8)6-9(10)11/h2-9H,10-11H2,1H3,(H,18,19);2-5H,6H2,1H3,(H,10,11). The third-order valence-electron chi connectivity index (χ3n) is 4.42. The fourth-order valence-electron chi connectivity index (χ4n) is 2.82. The van der Waals surface area contributed by atoms with E-state index in [1.165, 1.54) is 0 Å². The lowest BCUT2D eigenvalue weighted by Gasteiger charge is -2.08. The summed E-state index contributed by atoms with van der Waals surface area (Å²) in [5.41, 5.74) is 2.58. The van der Waals surface area contributed by atoms with Gasteiger partial charge in [-0.05, 0) is 47.0 Å². The van der Waals surface area contributed by atoms with Gasteiger partial charge in [-0.3, -0.25) is 9.59 Å². The Morgan fingerprint density at radius 1 is 0.844 bits per heavy atom. The quantitative estimate of drug-likeness (QED) is 0.521. The van der Waals surface area contributed by atoms with Crippen molar-refractivity contribution in [2.24, 2.45) is 0 Å². The highest BCUT2D eigenvalue weighted by atomic mass is 35.5. The van der Waals surface area contributed by atoms with Crippen molar-refractivity contribution in [1.82, 2.24) is 5.32 Å². The first-order valence-electron chi connectivity index (χ1n) is 9.89. The van der Waals surface area contributed by atoms with E-state index in [0.717, 1.165) is 22.4 Å². The lowest BCUT2D eigenvalue weighted by Crippen LogP contribution is -2.24. The highest BCUT2D eigenvalue weighted by Gasteiger charge is 2.06. The zero-order valence-electron chi connectivity index (χ0n) is 18.0. The van der Waals surface area contributed by atoms with Gasteiger partial charge < -0.3 is 19.9 Å². The average molecular weight is 456 g/mol. The van der Waals surface area contributed by atoms with Gasteiger partial charge >= 0.3 is 5.97 Å². The zero-order chi connectivity index (χ0) is 23.3. The molecule has 3 aromatic carbocycles. The predicted molar refractivity (Wildman–Crippen MR) is 124 cm³/mol. The number of amides is 1. The molecule has 0 aromatic heterocycles. The molecule has 2 N–H and O–H groups in total. The summed E-state index contributed by atoms with van der Waals surface area (Å²) in [7, 11) is 3.16. The van der Waals surface area contributed by atoms with Crippen molar-refractivity contribution >= 4 is 23.5 Å². The third-order valence-corrected chi connectivity index (χ3v) is 4.79. The molecule has 0 atom stereocenters. The van der Waals surface area contributed by atoms with Gasteiger partial charge in [0.2, 0.25) is 5.91 Å². The summed E-state index contributed by atoms with van der Waals surface area (Å²) < 4.78 is 10.1. The van der Waals surface area contributed by atoms with Crippen molar-refractivity contribution in [3.05, 3.63) is 94.5 Å². The molecule has 0 bridgehead atoms. The highest BCUT2D eigenvalue weighted by molar-refractivity contribution is 6.31. The molecule has 0 saturated heterocycles. The molecule has 0 saturated carbocycles. The Labute approximate surface area is 192 Å². The van der Waals surface area contributed by atoms with Gasteiger partial charge in [0.1, 0.15) is 11.5 Å². The Bertz CT molecular complexity index is 1040. The number of carboxylic acid groups (broad SMARTS) is 1.